The second-order valence-electron chi connectivity index (χ2n) is 5.27. The normalized spacial score (nSPS) is 11.2. The summed E-state index contributed by atoms with van der Waals surface area (Å²) in [4.78, 5) is 59.6. The van der Waals surface area contributed by atoms with E-state index in [2.05, 4.69) is 6.58 Å². The van der Waals surface area contributed by atoms with Gasteiger partial charge in [0.05, 0.1) is 18.0 Å². The second-order valence-corrected chi connectivity index (χ2v) is 5.27. The number of esters is 1. The molecule has 0 heterocycles. The molecule has 0 aromatic heterocycles. The van der Waals surface area contributed by atoms with Crippen molar-refractivity contribution in [2.24, 2.45) is 11.5 Å². The second kappa shape index (κ2) is 9.31. The molecule has 11 heteroatoms. The van der Waals surface area contributed by atoms with E-state index in [1.54, 1.807) is 0 Å². The van der Waals surface area contributed by atoms with Crippen molar-refractivity contribution in [3.63, 3.8) is 0 Å². The van der Waals surface area contributed by atoms with Crippen molar-refractivity contribution >= 4 is 29.3 Å². The Morgan fingerprint density at radius 2 is 1.81 bits per heavy atom. The Bertz CT molecular complexity index is 806. The van der Waals surface area contributed by atoms with Gasteiger partial charge >= 0.3 is 11.7 Å². The molecule has 0 aliphatic rings. The number of ether oxygens (including phenoxy) is 1. The minimum Gasteiger partial charge on any atom is -0.417 e. The first-order chi connectivity index (χ1) is 12.6. The maximum atomic E-state index is 12.5. The number of benzene rings is 1. The first-order valence-electron chi connectivity index (χ1n) is 7.55. The molecule has 0 aliphatic carbocycles. The number of carbonyl (C=O) groups excluding carboxylic acids is 4. The largest absolute Gasteiger partial charge is 0.417 e. The molecule has 2 amide bonds. The molecule has 0 aliphatic heterocycles. The molecule has 144 valence electrons. The molecular formula is C16H18N4O7. The summed E-state index contributed by atoms with van der Waals surface area (Å²) in [5.41, 5.74) is 9.82. The van der Waals surface area contributed by atoms with Gasteiger partial charge in [-0.1, -0.05) is 18.7 Å². The fourth-order valence-corrected chi connectivity index (χ4v) is 2.03. The average Bonchev–Trinajstić information content (AvgIpc) is 2.64. The van der Waals surface area contributed by atoms with Gasteiger partial charge in [0, 0.05) is 11.6 Å². The molecule has 1 aromatic carbocycles. The van der Waals surface area contributed by atoms with Gasteiger partial charge in [-0.2, -0.15) is 0 Å². The Morgan fingerprint density at radius 3 is 2.30 bits per heavy atom. The maximum Gasteiger partial charge on any atom is 0.342 e. The standard InChI is InChI=1S/C16H18N4O7/c1-9(2)15(23)19(13(22)8-18)14(11(21)7-17)16(24)27-12-6-4-3-5-10(12)20(25)26/h3-6,14H,1,7-8,17-18H2,2H3. The van der Waals surface area contributed by atoms with E-state index >= 15 is 0 Å². The van der Waals surface area contributed by atoms with Crippen molar-refractivity contribution < 1.29 is 28.8 Å². The molecule has 0 saturated heterocycles. The van der Waals surface area contributed by atoms with Crippen LogP contribution in [-0.4, -0.2) is 52.5 Å². The zero-order valence-corrected chi connectivity index (χ0v) is 14.4. The van der Waals surface area contributed by atoms with Crippen LogP contribution in [-0.2, 0) is 19.2 Å². The number of hydrogen-bond donors (Lipinski definition) is 2. The zero-order chi connectivity index (χ0) is 20.7. The highest BCUT2D eigenvalue weighted by molar-refractivity contribution is 6.15. The number of nitrogens with two attached hydrogens (primary N) is 2. The Morgan fingerprint density at radius 1 is 1.22 bits per heavy atom. The number of para-hydroxylation sites is 2. The van der Waals surface area contributed by atoms with Crippen LogP contribution in [0.1, 0.15) is 6.92 Å². The lowest BCUT2D eigenvalue weighted by Crippen LogP contribution is -2.57. The van der Waals surface area contributed by atoms with Gasteiger partial charge in [-0.3, -0.25) is 29.4 Å². The zero-order valence-electron chi connectivity index (χ0n) is 14.4. The summed E-state index contributed by atoms with van der Waals surface area (Å²) >= 11 is 0. The number of amides is 2. The average molecular weight is 378 g/mol. The molecule has 27 heavy (non-hydrogen) atoms. The third-order valence-corrected chi connectivity index (χ3v) is 3.29. The van der Waals surface area contributed by atoms with Gasteiger partial charge in [-0.05, 0) is 13.0 Å². The van der Waals surface area contributed by atoms with E-state index in [0.29, 0.717) is 4.90 Å². The van der Waals surface area contributed by atoms with Gasteiger partial charge in [0.15, 0.2) is 11.8 Å². The Hall–Kier alpha value is -3.44. The number of nitro groups is 1. The highest BCUT2D eigenvalue weighted by atomic mass is 16.6. The molecule has 0 fully saturated rings. The summed E-state index contributed by atoms with van der Waals surface area (Å²) in [5, 5.41) is 11.0. The van der Waals surface area contributed by atoms with Crippen molar-refractivity contribution in [2.75, 3.05) is 13.1 Å². The molecular weight excluding hydrogens is 360 g/mol. The molecule has 1 unspecified atom stereocenters. The highest BCUT2D eigenvalue weighted by Gasteiger charge is 2.41. The van der Waals surface area contributed by atoms with Crippen LogP contribution in [0, 0.1) is 10.1 Å². The van der Waals surface area contributed by atoms with Crippen LogP contribution in [0.4, 0.5) is 5.69 Å². The molecule has 11 nitrogen and oxygen atoms in total. The van der Waals surface area contributed by atoms with Crippen LogP contribution < -0.4 is 16.2 Å². The lowest BCUT2D eigenvalue weighted by molar-refractivity contribution is -0.385. The molecule has 1 atom stereocenters. The third kappa shape index (κ3) is 5.03. The van der Waals surface area contributed by atoms with Gasteiger partial charge in [-0.25, -0.2) is 4.79 Å². The van der Waals surface area contributed by atoms with E-state index in [1.165, 1.54) is 19.1 Å². The van der Waals surface area contributed by atoms with Gasteiger partial charge in [0.1, 0.15) is 0 Å². The molecule has 0 saturated carbocycles. The van der Waals surface area contributed by atoms with Crippen LogP contribution >= 0.6 is 0 Å². The Balaban J connectivity index is 3.37. The number of nitrogens with zero attached hydrogens (tertiary/aromatic N) is 2. The molecule has 0 radical (unpaired) electrons. The SMILES string of the molecule is C=C(C)C(=O)N(C(=O)CN)C(C(=O)CN)C(=O)Oc1ccccc1[N+](=O)[O-]. The lowest BCUT2D eigenvalue weighted by atomic mass is 10.1. The number of ketones is 1. The number of imide groups is 1. The minimum atomic E-state index is -2.06. The maximum absolute atomic E-state index is 12.5. The summed E-state index contributed by atoms with van der Waals surface area (Å²) in [5.74, 6) is -4.96. The van der Waals surface area contributed by atoms with E-state index in [-0.39, 0.29) is 5.57 Å². The van der Waals surface area contributed by atoms with Crippen molar-refractivity contribution in [1.82, 2.24) is 4.90 Å². The minimum absolute atomic E-state index is 0.148. The van der Waals surface area contributed by atoms with Gasteiger partial charge in [-0.15, -0.1) is 0 Å². The summed E-state index contributed by atoms with van der Waals surface area (Å²) < 4.78 is 4.92. The third-order valence-electron chi connectivity index (χ3n) is 3.29. The number of nitro benzene ring substituents is 1. The van der Waals surface area contributed by atoms with E-state index in [1.807, 2.05) is 0 Å². The Kier molecular flexibility index (Phi) is 7.45. The van der Waals surface area contributed by atoms with E-state index in [4.69, 9.17) is 16.2 Å². The number of hydrogen-bond acceptors (Lipinski definition) is 9. The van der Waals surface area contributed by atoms with Crippen LogP contribution in [0.5, 0.6) is 5.75 Å². The fourth-order valence-electron chi connectivity index (χ4n) is 2.03. The van der Waals surface area contributed by atoms with Crippen molar-refractivity contribution in [1.29, 1.82) is 0 Å². The molecule has 1 aromatic rings. The van der Waals surface area contributed by atoms with Crippen molar-refractivity contribution in [3.8, 4) is 5.75 Å². The molecule has 1 rings (SSSR count). The summed E-state index contributed by atoms with van der Waals surface area (Å²) in [6.07, 6.45) is 0. The quantitative estimate of drug-likeness (QED) is 0.148. The van der Waals surface area contributed by atoms with Crippen LogP contribution in [0.3, 0.4) is 0 Å². The Labute approximate surface area is 153 Å². The van der Waals surface area contributed by atoms with Crippen LogP contribution in [0.2, 0.25) is 0 Å². The predicted octanol–water partition coefficient (Wildman–Crippen LogP) is -0.713. The summed E-state index contributed by atoms with van der Waals surface area (Å²) in [6, 6.07) is 2.83. The van der Waals surface area contributed by atoms with Gasteiger partial charge in [0.2, 0.25) is 11.7 Å². The molecule has 0 spiro atoms. The first-order valence-corrected chi connectivity index (χ1v) is 7.55. The van der Waals surface area contributed by atoms with Crippen molar-refractivity contribution in [2.45, 2.75) is 13.0 Å². The van der Waals surface area contributed by atoms with Crippen molar-refractivity contribution in [3.05, 3.63) is 46.5 Å². The molecule has 0 bridgehead atoms. The number of carbonyl (C=O) groups is 4. The number of Topliss-reactive ketones (excluding diaryl/α,β-unsaturated/α-hetero) is 1. The monoisotopic (exact) mass is 378 g/mol. The van der Waals surface area contributed by atoms with E-state index < -0.39 is 59.1 Å². The fraction of sp³-hybridized carbons (Fsp3) is 0.250. The number of rotatable bonds is 8. The van der Waals surface area contributed by atoms with E-state index in [0.717, 1.165) is 12.1 Å². The predicted molar refractivity (Wildman–Crippen MR) is 92.3 cm³/mol. The lowest BCUT2D eigenvalue weighted by Gasteiger charge is -2.27. The van der Waals surface area contributed by atoms with Gasteiger partial charge < -0.3 is 16.2 Å². The van der Waals surface area contributed by atoms with Crippen LogP contribution in [0.25, 0.3) is 0 Å². The first kappa shape index (κ1) is 21.6. The topological polar surface area (TPSA) is 176 Å². The van der Waals surface area contributed by atoms with E-state index in [9.17, 15) is 29.3 Å². The van der Waals surface area contributed by atoms with Gasteiger partial charge in [0.25, 0.3) is 5.91 Å². The highest BCUT2D eigenvalue weighted by Crippen LogP contribution is 2.26. The molecule has 4 N–H and O–H groups in total. The summed E-state index contributed by atoms with van der Waals surface area (Å²) in [7, 11) is 0. The smallest absolute Gasteiger partial charge is 0.342 e. The van der Waals surface area contributed by atoms with Crippen LogP contribution in [0.15, 0.2) is 36.4 Å². The summed E-state index contributed by atoms with van der Waals surface area (Å²) in [6.45, 7) is 3.24.